The fourth-order valence-corrected chi connectivity index (χ4v) is 2.77. The Labute approximate surface area is 161 Å². The summed E-state index contributed by atoms with van der Waals surface area (Å²) < 4.78 is 16.6. The molecule has 10 heteroatoms. The minimum Gasteiger partial charge on any atom is -0.476 e. The Morgan fingerprint density at radius 3 is 2.56 bits per heavy atom. The van der Waals surface area contributed by atoms with Crippen LogP contribution in [0.15, 0.2) is 47.2 Å². The van der Waals surface area contributed by atoms with Crippen LogP contribution < -0.4 is 5.32 Å². The third kappa shape index (κ3) is 5.00. The number of carboxylic acids is 1. The van der Waals surface area contributed by atoms with Crippen molar-refractivity contribution in [2.45, 2.75) is 19.5 Å². The Kier molecular flexibility index (Phi) is 5.65. The van der Waals surface area contributed by atoms with Gasteiger partial charge >= 0.3 is 5.97 Å². The summed E-state index contributed by atoms with van der Waals surface area (Å²) in [7, 11) is 0. The lowest BCUT2D eigenvalue weighted by Crippen LogP contribution is -2.16. The third-order valence-corrected chi connectivity index (χ3v) is 4.24. The van der Waals surface area contributed by atoms with Crippen molar-refractivity contribution < 1.29 is 19.1 Å². The van der Waals surface area contributed by atoms with Crippen LogP contribution in [0.4, 0.5) is 10.2 Å². The van der Waals surface area contributed by atoms with Crippen LogP contribution in [-0.2, 0) is 17.9 Å². The number of aromatic carboxylic acids is 1. The maximum atomic E-state index is 13.0. The lowest BCUT2D eigenvalue weighted by molar-refractivity contribution is -0.116. The number of benzene rings is 1. The monoisotopic (exact) mass is 435 g/mol. The van der Waals surface area contributed by atoms with E-state index in [9.17, 15) is 14.0 Å². The van der Waals surface area contributed by atoms with Gasteiger partial charge in [-0.15, -0.1) is 0 Å². The van der Waals surface area contributed by atoms with E-state index < -0.39 is 5.97 Å². The number of nitrogens with one attached hydrogen (secondary N) is 1. The van der Waals surface area contributed by atoms with Crippen LogP contribution >= 0.6 is 15.9 Å². The molecule has 2 heterocycles. The molecule has 0 atom stereocenters. The summed E-state index contributed by atoms with van der Waals surface area (Å²) in [6.07, 6.45) is 3.33. The number of carbonyl (C=O) groups is 2. The molecule has 0 unspecified atom stereocenters. The third-order valence-electron chi connectivity index (χ3n) is 3.66. The van der Waals surface area contributed by atoms with Gasteiger partial charge in [-0.25, -0.2) is 9.18 Å². The first-order valence-corrected chi connectivity index (χ1v) is 8.74. The number of carbonyl (C=O) groups excluding carboxylic acids is 1. The van der Waals surface area contributed by atoms with Gasteiger partial charge in [0.15, 0.2) is 11.5 Å². The summed E-state index contributed by atoms with van der Waals surface area (Å²) in [5.41, 5.74) is 0.801. The Hall–Kier alpha value is -3.01. The molecule has 1 aromatic carbocycles. The van der Waals surface area contributed by atoms with Gasteiger partial charge < -0.3 is 10.4 Å². The van der Waals surface area contributed by atoms with Crippen molar-refractivity contribution in [3.63, 3.8) is 0 Å². The van der Waals surface area contributed by atoms with E-state index >= 15 is 0 Å². The molecule has 2 N–H and O–H groups in total. The quantitative estimate of drug-likeness (QED) is 0.593. The van der Waals surface area contributed by atoms with E-state index in [1.807, 2.05) is 0 Å². The highest BCUT2D eigenvalue weighted by Crippen LogP contribution is 2.21. The SMILES string of the molecule is O=C(CCn1ccc(C(=O)O)n1)Nc1nn(Cc2ccc(F)cc2)cc1Br. The van der Waals surface area contributed by atoms with Gasteiger partial charge in [-0.1, -0.05) is 12.1 Å². The first kappa shape index (κ1) is 18.8. The Morgan fingerprint density at radius 2 is 1.89 bits per heavy atom. The van der Waals surface area contributed by atoms with Gasteiger partial charge in [-0.3, -0.25) is 14.2 Å². The molecule has 3 aromatic rings. The number of nitrogens with zero attached hydrogens (tertiary/aromatic N) is 4. The van der Waals surface area contributed by atoms with E-state index in [4.69, 9.17) is 5.11 Å². The molecule has 3 rings (SSSR count). The molecule has 0 aliphatic heterocycles. The molecule has 1 amide bonds. The highest BCUT2D eigenvalue weighted by molar-refractivity contribution is 9.10. The number of aromatic nitrogens is 4. The van der Waals surface area contributed by atoms with Gasteiger partial charge in [0.25, 0.3) is 0 Å². The van der Waals surface area contributed by atoms with Crippen LogP contribution in [0, 0.1) is 5.82 Å². The summed E-state index contributed by atoms with van der Waals surface area (Å²) in [4.78, 5) is 22.9. The number of aryl methyl sites for hydroxylation is 1. The summed E-state index contributed by atoms with van der Waals surface area (Å²) >= 11 is 3.35. The largest absolute Gasteiger partial charge is 0.476 e. The van der Waals surface area contributed by atoms with Gasteiger partial charge in [0.05, 0.1) is 11.0 Å². The van der Waals surface area contributed by atoms with Crippen molar-refractivity contribution in [3.05, 3.63) is 64.3 Å². The van der Waals surface area contributed by atoms with Crippen molar-refractivity contribution in [1.29, 1.82) is 0 Å². The standard InChI is InChI=1S/C17H15BrFN5O3/c18-13-10-24(9-11-1-3-12(19)4-2-11)22-16(13)20-15(25)6-8-23-7-5-14(21-23)17(26)27/h1-5,7,10H,6,8-9H2,(H,26,27)(H,20,22,25). The Balaban J connectivity index is 1.56. The first-order chi connectivity index (χ1) is 12.9. The molecular formula is C17H15BrFN5O3. The average molecular weight is 436 g/mol. The van der Waals surface area contributed by atoms with Gasteiger partial charge in [0.1, 0.15) is 5.82 Å². The van der Waals surface area contributed by atoms with Gasteiger partial charge in [-0.2, -0.15) is 10.2 Å². The van der Waals surface area contributed by atoms with Crippen molar-refractivity contribution in [2.24, 2.45) is 0 Å². The predicted molar refractivity (Wildman–Crippen MR) is 97.9 cm³/mol. The fraction of sp³-hybridized carbons (Fsp3) is 0.176. The summed E-state index contributed by atoms with van der Waals surface area (Å²) in [5, 5.41) is 19.7. The van der Waals surface area contributed by atoms with Crippen LogP contribution in [0.25, 0.3) is 0 Å². The normalized spacial score (nSPS) is 10.7. The molecule has 27 heavy (non-hydrogen) atoms. The van der Waals surface area contributed by atoms with E-state index in [2.05, 4.69) is 31.4 Å². The van der Waals surface area contributed by atoms with Crippen LogP contribution in [0.3, 0.4) is 0 Å². The van der Waals surface area contributed by atoms with Crippen molar-refractivity contribution in [3.8, 4) is 0 Å². The molecule has 8 nitrogen and oxygen atoms in total. The number of rotatable bonds is 7. The Morgan fingerprint density at radius 1 is 1.15 bits per heavy atom. The molecule has 0 bridgehead atoms. The maximum Gasteiger partial charge on any atom is 0.356 e. The zero-order valence-electron chi connectivity index (χ0n) is 14.0. The fourth-order valence-electron chi connectivity index (χ4n) is 2.35. The second-order valence-corrected chi connectivity index (χ2v) is 6.57. The minimum absolute atomic E-state index is 0.0716. The molecule has 0 spiro atoms. The number of halogens is 2. The summed E-state index contributed by atoms with van der Waals surface area (Å²) in [6, 6.07) is 7.45. The van der Waals surface area contributed by atoms with E-state index in [1.54, 1.807) is 23.0 Å². The molecule has 0 fully saturated rings. The van der Waals surface area contributed by atoms with Crippen LogP contribution in [-0.4, -0.2) is 36.5 Å². The second-order valence-electron chi connectivity index (χ2n) is 5.72. The first-order valence-electron chi connectivity index (χ1n) is 7.95. The number of hydrogen-bond donors (Lipinski definition) is 2. The van der Waals surface area contributed by atoms with E-state index in [1.165, 1.54) is 29.1 Å². The smallest absolute Gasteiger partial charge is 0.356 e. The predicted octanol–water partition coefficient (Wildman–Crippen LogP) is 2.76. The van der Waals surface area contributed by atoms with E-state index in [-0.39, 0.29) is 30.4 Å². The number of hydrogen-bond acceptors (Lipinski definition) is 4. The summed E-state index contributed by atoms with van der Waals surface area (Å²) in [6.45, 7) is 0.674. The zero-order chi connectivity index (χ0) is 19.4. The number of anilines is 1. The van der Waals surface area contributed by atoms with E-state index in [0.717, 1.165) is 5.56 Å². The van der Waals surface area contributed by atoms with Crippen molar-refractivity contribution >= 4 is 33.6 Å². The molecular weight excluding hydrogens is 421 g/mol. The molecule has 0 aliphatic carbocycles. The van der Waals surface area contributed by atoms with Crippen molar-refractivity contribution in [2.75, 3.05) is 5.32 Å². The lowest BCUT2D eigenvalue weighted by Gasteiger charge is -2.04. The second kappa shape index (κ2) is 8.12. The highest BCUT2D eigenvalue weighted by Gasteiger charge is 2.12. The van der Waals surface area contributed by atoms with Gasteiger partial charge in [0.2, 0.25) is 5.91 Å². The molecule has 0 saturated carbocycles. The minimum atomic E-state index is -1.12. The molecule has 2 aromatic heterocycles. The molecule has 0 radical (unpaired) electrons. The van der Waals surface area contributed by atoms with Crippen LogP contribution in [0.1, 0.15) is 22.5 Å². The Bertz CT molecular complexity index is 967. The molecule has 0 saturated heterocycles. The number of carboxylic acid groups (broad SMARTS) is 1. The average Bonchev–Trinajstić information content (AvgIpc) is 3.22. The molecule has 140 valence electrons. The van der Waals surface area contributed by atoms with Crippen LogP contribution in [0.2, 0.25) is 0 Å². The van der Waals surface area contributed by atoms with Crippen LogP contribution in [0.5, 0.6) is 0 Å². The zero-order valence-corrected chi connectivity index (χ0v) is 15.6. The topological polar surface area (TPSA) is 102 Å². The van der Waals surface area contributed by atoms with Gasteiger partial charge in [-0.05, 0) is 39.7 Å². The lowest BCUT2D eigenvalue weighted by atomic mass is 10.2. The molecule has 0 aliphatic rings. The van der Waals surface area contributed by atoms with E-state index in [0.29, 0.717) is 16.8 Å². The summed E-state index contributed by atoms with van der Waals surface area (Å²) in [5.74, 6) is -1.33. The maximum absolute atomic E-state index is 13.0. The highest BCUT2D eigenvalue weighted by atomic mass is 79.9. The van der Waals surface area contributed by atoms with Crippen molar-refractivity contribution in [1.82, 2.24) is 19.6 Å². The number of amides is 1. The van der Waals surface area contributed by atoms with Gasteiger partial charge in [0, 0.05) is 25.4 Å².